The molecule has 0 spiro atoms. The van der Waals surface area contributed by atoms with Crippen LogP contribution in [0.25, 0.3) is 0 Å². The maximum atomic E-state index is 11.6. The van der Waals surface area contributed by atoms with Crippen molar-refractivity contribution in [1.82, 2.24) is 4.90 Å². The Bertz CT molecular complexity index is 498. The molecule has 0 unspecified atom stereocenters. The first-order valence-electron chi connectivity index (χ1n) is 5.81. The molecule has 102 valence electrons. The Morgan fingerprint density at radius 2 is 2.11 bits per heavy atom. The van der Waals surface area contributed by atoms with Gasteiger partial charge in [0.2, 0.25) is 11.8 Å². The van der Waals surface area contributed by atoms with Crippen molar-refractivity contribution in [3.63, 3.8) is 0 Å². The minimum atomic E-state index is -0.255. The zero-order chi connectivity index (χ0) is 14.4. The molecule has 19 heavy (non-hydrogen) atoms. The summed E-state index contributed by atoms with van der Waals surface area (Å²) in [5.41, 5.74) is 1.70. The third-order valence-electron chi connectivity index (χ3n) is 2.52. The molecule has 0 saturated heterocycles. The van der Waals surface area contributed by atoms with Crippen molar-refractivity contribution >= 4 is 29.3 Å². The predicted octanol–water partition coefficient (Wildman–Crippen LogP) is 2.30. The summed E-state index contributed by atoms with van der Waals surface area (Å²) < 4.78 is 0. The second-order valence-corrected chi connectivity index (χ2v) is 5.24. The maximum Gasteiger partial charge on any atom is 0.247 e. The standard InChI is InChI=1S/C14H18N2O2S/c1-5-12(17)15-14-10(2)7-6-8-11(14)19-9-13(18)16(3)4/h5-8H,1,9H2,2-4H3,(H,15,17). The lowest BCUT2D eigenvalue weighted by atomic mass is 10.2. The summed E-state index contributed by atoms with van der Waals surface area (Å²) in [6.07, 6.45) is 1.23. The van der Waals surface area contributed by atoms with Crippen molar-refractivity contribution in [2.75, 3.05) is 25.2 Å². The van der Waals surface area contributed by atoms with Gasteiger partial charge in [-0.2, -0.15) is 0 Å². The van der Waals surface area contributed by atoms with Gasteiger partial charge < -0.3 is 10.2 Å². The van der Waals surface area contributed by atoms with Gasteiger partial charge in [0, 0.05) is 19.0 Å². The van der Waals surface area contributed by atoms with E-state index in [0.29, 0.717) is 5.75 Å². The van der Waals surface area contributed by atoms with Gasteiger partial charge >= 0.3 is 0 Å². The number of aryl methyl sites for hydroxylation is 1. The van der Waals surface area contributed by atoms with E-state index >= 15 is 0 Å². The summed E-state index contributed by atoms with van der Waals surface area (Å²) in [6, 6.07) is 5.71. The number of nitrogens with zero attached hydrogens (tertiary/aromatic N) is 1. The van der Waals surface area contributed by atoms with E-state index in [-0.39, 0.29) is 11.8 Å². The summed E-state index contributed by atoms with van der Waals surface area (Å²) in [4.78, 5) is 25.4. The van der Waals surface area contributed by atoms with Gasteiger partial charge in [-0.05, 0) is 24.6 Å². The van der Waals surface area contributed by atoms with Crippen molar-refractivity contribution in [2.45, 2.75) is 11.8 Å². The van der Waals surface area contributed by atoms with Crippen LogP contribution >= 0.6 is 11.8 Å². The summed E-state index contributed by atoms with van der Waals surface area (Å²) >= 11 is 1.41. The number of carbonyl (C=O) groups excluding carboxylic acids is 2. The van der Waals surface area contributed by atoms with Crippen LogP contribution in [0.3, 0.4) is 0 Å². The first-order valence-corrected chi connectivity index (χ1v) is 6.80. The fraction of sp³-hybridized carbons (Fsp3) is 0.286. The summed E-state index contributed by atoms with van der Waals surface area (Å²) in [7, 11) is 3.44. The molecule has 0 aliphatic carbocycles. The van der Waals surface area contributed by atoms with E-state index in [2.05, 4.69) is 11.9 Å². The molecule has 1 rings (SSSR count). The molecule has 0 aromatic heterocycles. The third kappa shape index (κ3) is 4.44. The predicted molar refractivity (Wildman–Crippen MR) is 79.4 cm³/mol. The molecule has 0 aliphatic rings. The van der Waals surface area contributed by atoms with Gasteiger partial charge in [-0.3, -0.25) is 9.59 Å². The summed E-state index contributed by atoms with van der Waals surface area (Å²) in [5.74, 6) is 0.121. The number of nitrogens with one attached hydrogen (secondary N) is 1. The second kappa shape index (κ2) is 6.99. The van der Waals surface area contributed by atoms with Gasteiger partial charge in [0.1, 0.15) is 0 Å². The zero-order valence-corrected chi connectivity index (χ0v) is 12.2. The summed E-state index contributed by atoms with van der Waals surface area (Å²) in [5, 5.41) is 2.78. The number of hydrogen-bond acceptors (Lipinski definition) is 3. The number of anilines is 1. The molecule has 1 N–H and O–H groups in total. The molecule has 0 fully saturated rings. The molecule has 1 aromatic carbocycles. The Balaban J connectivity index is 2.88. The molecule has 1 aromatic rings. The lowest BCUT2D eigenvalue weighted by molar-refractivity contribution is -0.125. The van der Waals surface area contributed by atoms with Crippen LogP contribution in [0, 0.1) is 6.92 Å². The van der Waals surface area contributed by atoms with E-state index in [1.54, 1.807) is 19.0 Å². The average Bonchev–Trinajstić information content (AvgIpc) is 2.38. The molecule has 4 nitrogen and oxygen atoms in total. The van der Waals surface area contributed by atoms with Crippen LogP contribution in [-0.2, 0) is 9.59 Å². The highest BCUT2D eigenvalue weighted by Crippen LogP contribution is 2.30. The van der Waals surface area contributed by atoms with Crippen molar-refractivity contribution in [3.05, 3.63) is 36.4 Å². The van der Waals surface area contributed by atoms with Crippen LogP contribution in [0.2, 0.25) is 0 Å². The number of amides is 2. The van der Waals surface area contributed by atoms with E-state index in [9.17, 15) is 9.59 Å². The number of benzene rings is 1. The topological polar surface area (TPSA) is 49.4 Å². The normalized spacial score (nSPS) is 9.84. The van der Waals surface area contributed by atoms with E-state index in [1.807, 2.05) is 25.1 Å². The van der Waals surface area contributed by atoms with Gasteiger partial charge in [0.25, 0.3) is 0 Å². The number of para-hydroxylation sites is 1. The van der Waals surface area contributed by atoms with Crippen LogP contribution in [0.4, 0.5) is 5.69 Å². The van der Waals surface area contributed by atoms with Crippen LogP contribution in [0.15, 0.2) is 35.7 Å². The average molecular weight is 278 g/mol. The lowest BCUT2D eigenvalue weighted by Crippen LogP contribution is -2.23. The van der Waals surface area contributed by atoms with Crippen molar-refractivity contribution in [2.24, 2.45) is 0 Å². The van der Waals surface area contributed by atoms with Crippen molar-refractivity contribution < 1.29 is 9.59 Å². The highest BCUT2D eigenvalue weighted by atomic mass is 32.2. The SMILES string of the molecule is C=CC(=O)Nc1c(C)cccc1SCC(=O)N(C)C. The number of carbonyl (C=O) groups is 2. The van der Waals surface area contributed by atoms with Gasteiger partial charge in [-0.25, -0.2) is 0 Å². The van der Waals surface area contributed by atoms with Crippen molar-refractivity contribution in [1.29, 1.82) is 0 Å². The highest BCUT2D eigenvalue weighted by molar-refractivity contribution is 8.00. The van der Waals surface area contributed by atoms with Gasteiger partial charge in [0.05, 0.1) is 11.4 Å². The smallest absolute Gasteiger partial charge is 0.247 e. The third-order valence-corrected chi connectivity index (χ3v) is 3.56. The first-order chi connectivity index (χ1) is 8.95. The molecular formula is C14H18N2O2S. The first kappa shape index (κ1) is 15.3. The lowest BCUT2D eigenvalue weighted by Gasteiger charge is -2.14. The molecule has 5 heteroatoms. The number of thioether (sulfide) groups is 1. The fourth-order valence-corrected chi connectivity index (χ4v) is 2.43. The Morgan fingerprint density at radius 1 is 1.42 bits per heavy atom. The number of rotatable bonds is 5. The Morgan fingerprint density at radius 3 is 2.68 bits per heavy atom. The summed E-state index contributed by atoms with van der Waals surface area (Å²) in [6.45, 7) is 5.35. The minimum absolute atomic E-state index is 0.0347. The Kier molecular flexibility index (Phi) is 5.63. The highest BCUT2D eigenvalue weighted by Gasteiger charge is 2.11. The van der Waals surface area contributed by atoms with Crippen LogP contribution in [0.1, 0.15) is 5.56 Å². The minimum Gasteiger partial charge on any atom is -0.348 e. The second-order valence-electron chi connectivity index (χ2n) is 4.22. The molecule has 0 heterocycles. The molecule has 2 amide bonds. The molecule has 0 bridgehead atoms. The maximum absolute atomic E-state index is 11.6. The van der Waals surface area contributed by atoms with E-state index in [4.69, 9.17) is 0 Å². The molecule has 0 atom stereocenters. The van der Waals surface area contributed by atoms with E-state index in [0.717, 1.165) is 16.1 Å². The molecule has 0 radical (unpaired) electrons. The fourth-order valence-electron chi connectivity index (χ4n) is 1.36. The van der Waals surface area contributed by atoms with E-state index in [1.165, 1.54) is 17.8 Å². The molecule has 0 saturated carbocycles. The van der Waals surface area contributed by atoms with Crippen LogP contribution in [0.5, 0.6) is 0 Å². The zero-order valence-electron chi connectivity index (χ0n) is 11.4. The van der Waals surface area contributed by atoms with Crippen LogP contribution in [-0.4, -0.2) is 36.6 Å². The van der Waals surface area contributed by atoms with Gasteiger partial charge in [-0.1, -0.05) is 18.7 Å². The van der Waals surface area contributed by atoms with Crippen LogP contribution < -0.4 is 5.32 Å². The van der Waals surface area contributed by atoms with Gasteiger partial charge in [0.15, 0.2) is 0 Å². The largest absolute Gasteiger partial charge is 0.348 e. The Hall–Kier alpha value is -1.75. The quantitative estimate of drug-likeness (QED) is 0.664. The molecular weight excluding hydrogens is 260 g/mol. The van der Waals surface area contributed by atoms with Crippen molar-refractivity contribution in [3.8, 4) is 0 Å². The van der Waals surface area contributed by atoms with Gasteiger partial charge in [-0.15, -0.1) is 11.8 Å². The van der Waals surface area contributed by atoms with E-state index < -0.39 is 0 Å². The monoisotopic (exact) mass is 278 g/mol. The Labute approximate surface area is 117 Å². The number of hydrogen-bond donors (Lipinski definition) is 1. The molecule has 0 aliphatic heterocycles.